The summed E-state index contributed by atoms with van der Waals surface area (Å²) in [6, 6.07) is 0.699. The summed E-state index contributed by atoms with van der Waals surface area (Å²) in [7, 11) is 2.22. The Bertz CT molecular complexity index is 251. The molecule has 1 saturated heterocycles. The molecule has 0 aromatic carbocycles. The largest absolute Gasteiger partial charge is 0.378 e. The van der Waals surface area contributed by atoms with E-state index >= 15 is 0 Å². The van der Waals surface area contributed by atoms with Crippen molar-refractivity contribution in [2.45, 2.75) is 45.8 Å². The van der Waals surface area contributed by atoms with E-state index in [-0.39, 0.29) is 0 Å². The van der Waals surface area contributed by atoms with Crippen LogP contribution in [0, 0.1) is 5.41 Å². The molecule has 0 radical (unpaired) electrons. The second-order valence-corrected chi connectivity index (χ2v) is 6.44. The molecule has 3 heteroatoms. The van der Waals surface area contributed by atoms with Gasteiger partial charge in [0.15, 0.2) is 0 Å². The van der Waals surface area contributed by atoms with Crippen molar-refractivity contribution in [3.05, 3.63) is 0 Å². The van der Waals surface area contributed by atoms with Crippen molar-refractivity contribution in [2.75, 3.05) is 39.8 Å². The van der Waals surface area contributed by atoms with Crippen LogP contribution < -0.4 is 0 Å². The minimum absolute atomic E-state index is 0.373. The van der Waals surface area contributed by atoms with Gasteiger partial charge in [0.2, 0.25) is 0 Å². The maximum atomic E-state index is 5.83. The van der Waals surface area contributed by atoms with Crippen LogP contribution in [0.5, 0.6) is 0 Å². The van der Waals surface area contributed by atoms with E-state index in [1.165, 1.54) is 39.0 Å². The molecule has 1 heterocycles. The molecule has 2 aliphatic rings. The first-order valence-corrected chi connectivity index (χ1v) is 7.05. The van der Waals surface area contributed by atoms with Crippen molar-refractivity contribution in [3.63, 3.8) is 0 Å². The van der Waals surface area contributed by atoms with Gasteiger partial charge in [-0.1, -0.05) is 0 Å². The van der Waals surface area contributed by atoms with Crippen LogP contribution in [0.25, 0.3) is 0 Å². The van der Waals surface area contributed by atoms with Crippen molar-refractivity contribution in [1.29, 1.82) is 0 Å². The van der Waals surface area contributed by atoms with E-state index in [1.807, 2.05) is 0 Å². The monoisotopic (exact) mass is 240 g/mol. The van der Waals surface area contributed by atoms with Crippen molar-refractivity contribution in [2.24, 2.45) is 5.41 Å². The third-order valence-electron chi connectivity index (χ3n) is 4.19. The highest BCUT2D eigenvalue weighted by Gasteiger charge is 2.45. The average molecular weight is 240 g/mol. The lowest BCUT2D eigenvalue weighted by atomic mass is 10.1. The van der Waals surface area contributed by atoms with Crippen LogP contribution in [0.15, 0.2) is 0 Å². The third kappa shape index (κ3) is 3.67. The summed E-state index contributed by atoms with van der Waals surface area (Å²) in [5, 5.41) is 0. The van der Waals surface area contributed by atoms with Crippen LogP contribution in [0.3, 0.4) is 0 Å². The maximum Gasteiger partial charge on any atom is 0.0538 e. The lowest BCUT2D eigenvalue weighted by Crippen LogP contribution is -2.52. The van der Waals surface area contributed by atoms with Gasteiger partial charge in [0.1, 0.15) is 0 Å². The molecule has 1 atom stereocenters. The van der Waals surface area contributed by atoms with Crippen LogP contribution in [0.1, 0.15) is 33.6 Å². The van der Waals surface area contributed by atoms with Gasteiger partial charge in [0.05, 0.1) is 12.7 Å². The molecule has 1 saturated carbocycles. The van der Waals surface area contributed by atoms with E-state index in [9.17, 15) is 0 Å². The first-order valence-electron chi connectivity index (χ1n) is 7.05. The van der Waals surface area contributed by atoms with Crippen LogP contribution in [0.4, 0.5) is 0 Å². The second-order valence-electron chi connectivity index (χ2n) is 6.44. The van der Waals surface area contributed by atoms with Crippen LogP contribution >= 0.6 is 0 Å². The quantitative estimate of drug-likeness (QED) is 0.729. The fraction of sp³-hybridized carbons (Fsp3) is 1.00. The molecule has 0 aromatic heterocycles. The van der Waals surface area contributed by atoms with Crippen LogP contribution in [-0.4, -0.2) is 61.8 Å². The minimum atomic E-state index is 0.373. The minimum Gasteiger partial charge on any atom is -0.378 e. The Morgan fingerprint density at radius 2 is 2.00 bits per heavy atom. The predicted molar refractivity (Wildman–Crippen MR) is 71.3 cm³/mol. The molecule has 3 nitrogen and oxygen atoms in total. The fourth-order valence-corrected chi connectivity index (χ4v) is 2.71. The average Bonchev–Trinajstić information content (AvgIpc) is 3.00. The number of piperazine rings is 1. The van der Waals surface area contributed by atoms with E-state index < -0.39 is 0 Å². The highest BCUT2D eigenvalue weighted by molar-refractivity contribution is 4.97. The Morgan fingerprint density at radius 1 is 1.29 bits per heavy atom. The van der Waals surface area contributed by atoms with Crippen molar-refractivity contribution in [1.82, 2.24) is 9.80 Å². The van der Waals surface area contributed by atoms with Crippen molar-refractivity contribution >= 4 is 0 Å². The maximum absolute atomic E-state index is 5.83. The van der Waals surface area contributed by atoms with E-state index in [1.54, 1.807) is 0 Å². The van der Waals surface area contributed by atoms with Gasteiger partial charge in [-0.3, -0.25) is 4.90 Å². The first kappa shape index (κ1) is 13.3. The van der Waals surface area contributed by atoms with Crippen LogP contribution in [-0.2, 0) is 4.74 Å². The second kappa shape index (κ2) is 5.25. The fourth-order valence-electron chi connectivity index (χ4n) is 2.71. The zero-order valence-corrected chi connectivity index (χ0v) is 11.9. The number of hydrogen-bond acceptors (Lipinski definition) is 3. The molecule has 17 heavy (non-hydrogen) atoms. The predicted octanol–water partition coefficient (Wildman–Crippen LogP) is 1.83. The molecular formula is C14H28N2O. The van der Waals surface area contributed by atoms with Gasteiger partial charge in [0.25, 0.3) is 0 Å². The number of nitrogens with zero attached hydrogens (tertiary/aromatic N) is 2. The topological polar surface area (TPSA) is 15.7 Å². The SMILES string of the molecule is CC(C)OCC1(CN2CCN(C)C[C@@H]2C)CC1. The first-order chi connectivity index (χ1) is 8.01. The number of hydrogen-bond donors (Lipinski definition) is 0. The molecule has 1 aliphatic heterocycles. The summed E-state index contributed by atoms with van der Waals surface area (Å²) in [4.78, 5) is 5.10. The Balaban J connectivity index is 1.80. The van der Waals surface area contributed by atoms with E-state index in [0.717, 1.165) is 6.61 Å². The molecule has 1 aliphatic carbocycles. The van der Waals surface area contributed by atoms with E-state index in [0.29, 0.717) is 17.6 Å². The van der Waals surface area contributed by atoms with Crippen molar-refractivity contribution < 1.29 is 4.74 Å². The molecule has 0 unspecified atom stereocenters. The Labute approximate surface area is 106 Å². The molecule has 0 amide bonds. The number of rotatable bonds is 5. The van der Waals surface area contributed by atoms with Gasteiger partial charge in [0, 0.05) is 37.6 Å². The molecule has 2 rings (SSSR count). The Kier molecular flexibility index (Phi) is 4.11. The lowest BCUT2D eigenvalue weighted by molar-refractivity contribution is 0.0141. The standard InChI is InChI=1S/C14H28N2O/c1-12(2)17-11-14(5-6-14)10-16-8-7-15(4)9-13(16)3/h12-13H,5-11H2,1-4H3/t13-/m0/s1. The lowest BCUT2D eigenvalue weighted by Gasteiger charge is -2.40. The molecule has 0 N–H and O–H groups in total. The van der Waals surface area contributed by atoms with Crippen molar-refractivity contribution in [3.8, 4) is 0 Å². The van der Waals surface area contributed by atoms with Gasteiger partial charge >= 0.3 is 0 Å². The molecule has 0 aromatic rings. The zero-order valence-electron chi connectivity index (χ0n) is 11.9. The van der Waals surface area contributed by atoms with Crippen LogP contribution in [0.2, 0.25) is 0 Å². The summed E-state index contributed by atoms with van der Waals surface area (Å²) >= 11 is 0. The third-order valence-corrected chi connectivity index (χ3v) is 4.19. The zero-order chi connectivity index (χ0) is 12.5. The number of ether oxygens (including phenoxy) is 1. The van der Waals surface area contributed by atoms with E-state index in [2.05, 4.69) is 37.6 Å². The molecule has 0 bridgehead atoms. The Morgan fingerprint density at radius 3 is 2.53 bits per heavy atom. The number of likely N-dealkylation sites (N-methyl/N-ethyl adjacent to an activating group) is 1. The molecule has 2 fully saturated rings. The summed E-state index contributed by atoms with van der Waals surface area (Å²) in [5.41, 5.74) is 0.494. The van der Waals surface area contributed by atoms with Gasteiger partial charge in [-0.25, -0.2) is 0 Å². The van der Waals surface area contributed by atoms with Gasteiger partial charge in [-0.2, -0.15) is 0 Å². The Hall–Kier alpha value is -0.120. The summed E-state index contributed by atoms with van der Waals surface area (Å²) in [6.45, 7) is 12.5. The highest BCUT2D eigenvalue weighted by Crippen LogP contribution is 2.47. The molecular weight excluding hydrogens is 212 g/mol. The molecule has 0 spiro atoms. The summed E-state index contributed by atoms with van der Waals surface area (Å²) in [5.74, 6) is 0. The summed E-state index contributed by atoms with van der Waals surface area (Å²) in [6.07, 6.45) is 3.09. The summed E-state index contributed by atoms with van der Waals surface area (Å²) < 4.78 is 5.83. The highest BCUT2D eigenvalue weighted by atomic mass is 16.5. The van der Waals surface area contributed by atoms with Gasteiger partial charge < -0.3 is 9.64 Å². The van der Waals surface area contributed by atoms with Gasteiger partial charge in [-0.15, -0.1) is 0 Å². The van der Waals surface area contributed by atoms with E-state index in [4.69, 9.17) is 4.74 Å². The van der Waals surface area contributed by atoms with Gasteiger partial charge in [-0.05, 0) is 40.7 Å². The normalized spacial score (nSPS) is 29.8. The smallest absolute Gasteiger partial charge is 0.0538 e. The molecule has 100 valence electrons.